The van der Waals surface area contributed by atoms with Gasteiger partial charge in [0.15, 0.2) is 5.65 Å². The topological polar surface area (TPSA) is 43.6 Å². The van der Waals surface area contributed by atoms with Crippen LogP contribution in [-0.2, 0) is 7.05 Å². The summed E-state index contributed by atoms with van der Waals surface area (Å²) in [5.74, 6) is -0.625. The maximum atomic E-state index is 13.7. The van der Waals surface area contributed by atoms with E-state index in [1.165, 1.54) is 24.3 Å². The van der Waals surface area contributed by atoms with Gasteiger partial charge < -0.3 is 4.57 Å². The van der Waals surface area contributed by atoms with Crippen molar-refractivity contribution in [1.82, 2.24) is 19.5 Å². The van der Waals surface area contributed by atoms with Crippen molar-refractivity contribution in [3.8, 4) is 33.5 Å². The molecule has 0 fully saturated rings. The van der Waals surface area contributed by atoms with E-state index in [0.29, 0.717) is 11.3 Å². The summed E-state index contributed by atoms with van der Waals surface area (Å²) in [6.07, 6.45) is 5.13. The number of aromatic nitrogens is 4. The molecule has 0 aliphatic carbocycles. The standard InChI is InChI=1S/C24H16F2N4/c1-30-14-28-24-23(30)21(15-2-6-18(25)7-3-15)20(16-10-12-27-13-11-16)22(29-24)17-4-8-19(26)9-5-17/h2-14H,1H3. The smallest absolute Gasteiger partial charge is 0.178 e. The molecule has 0 saturated heterocycles. The number of fused-ring (bicyclic) bond motifs is 1. The molecule has 0 atom stereocenters. The van der Waals surface area contributed by atoms with E-state index in [1.54, 1.807) is 43.0 Å². The molecule has 0 spiro atoms. The van der Waals surface area contributed by atoms with E-state index >= 15 is 0 Å². The van der Waals surface area contributed by atoms with Crippen molar-refractivity contribution in [2.75, 3.05) is 0 Å². The first-order valence-corrected chi connectivity index (χ1v) is 9.39. The Hall–Kier alpha value is -3.93. The summed E-state index contributed by atoms with van der Waals surface area (Å²) in [5, 5.41) is 0. The molecule has 4 nitrogen and oxygen atoms in total. The summed E-state index contributed by atoms with van der Waals surface area (Å²) >= 11 is 0. The van der Waals surface area contributed by atoms with Gasteiger partial charge in [0, 0.05) is 36.1 Å². The highest BCUT2D eigenvalue weighted by Crippen LogP contribution is 2.42. The van der Waals surface area contributed by atoms with Crippen molar-refractivity contribution < 1.29 is 8.78 Å². The van der Waals surface area contributed by atoms with E-state index in [0.717, 1.165) is 33.3 Å². The van der Waals surface area contributed by atoms with Gasteiger partial charge >= 0.3 is 0 Å². The molecule has 3 heterocycles. The van der Waals surface area contributed by atoms with Gasteiger partial charge in [0.1, 0.15) is 11.6 Å². The van der Waals surface area contributed by atoms with Crippen molar-refractivity contribution in [3.63, 3.8) is 0 Å². The number of benzene rings is 2. The molecule has 0 N–H and O–H groups in total. The van der Waals surface area contributed by atoms with Gasteiger partial charge in [0.25, 0.3) is 0 Å². The summed E-state index contributed by atoms with van der Waals surface area (Å²) in [6.45, 7) is 0. The van der Waals surface area contributed by atoms with Crippen LogP contribution in [-0.4, -0.2) is 19.5 Å². The molecule has 5 aromatic rings. The first kappa shape index (κ1) is 18.1. The predicted octanol–water partition coefficient (Wildman–Crippen LogP) is 5.64. The Kier molecular flexibility index (Phi) is 4.32. The second-order valence-electron chi connectivity index (χ2n) is 6.99. The fraction of sp³-hybridized carbons (Fsp3) is 0.0417. The predicted molar refractivity (Wildman–Crippen MR) is 113 cm³/mol. The first-order chi connectivity index (χ1) is 14.6. The van der Waals surface area contributed by atoms with Gasteiger partial charge in [-0.3, -0.25) is 4.98 Å². The number of nitrogens with zero attached hydrogens (tertiary/aromatic N) is 4. The third-order valence-corrected chi connectivity index (χ3v) is 5.08. The van der Waals surface area contributed by atoms with Crippen LogP contribution in [0, 0.1) is 11.6 Å². The highest BCUT2D eigenvalue weighted by molar-refractivity contribution is 6.04. The number of hydrogen-bond acceptors (Lipinski definition) is 3. The Bertz CT molecular complexity index is 1340. The summed E-state index contributed by atoms with van der Waals surface area (Å²) in [4.78, 5) is 13.4. The van der Waals surface area contributed by atoms with Crippen LogP contribution in [0.25, 0.3) is 44.7 Å². The lowest BCUT2D eigenvalue weighted by atomic mass is 9.90. The van der Waals surface area contributed by atoms with E-state index in [2.05, 4.69) is 9.97 Å². The molecule has 5 rings (SSSR count). The van der Waals surface area contributed by atoms with Crippen LogP contribution in [0.1, 0.15) is 0 Å². The van der Waals surface area contributed by atoms with Gasteiger partial charge in [0.2, 0.25) is 0 Å². The van der Waals surface area contributed by atoms with Gasteiger partial charge in [-0.15, -0.1) is 0 Å². The average Bonchev–Trinajstić information content (AvgIpc) is 3.15. The first-order valence-electron chi connectivity index (χ1n) is 9.39. The van der Waals surface area contributed by atoms with E-state index in [-0.39, 0.29) is 11.6 Å². The van der Waals surface area contributed by atoms with E-state index in [9.17, 15) is 8.78 Å². The van der Waals surface area contributed by atoms with Crippen LogP contribution in [0.5, 0.6) is 0 Å². The average molecular weight is 398 g/mol. The maximum Gasteiger partial charge on any atom is 0.178 e. The Morgan fingerprint density at radius 1 is 0.700 bits per heavy atom. The number of aryl methyl sites for hydroxylation is 1. The number of halogens is 2. The van der Waals surface area contributed by atoms with Gasteiger partial charge in [-0.25, -0.2) is 18.7 Å². The lowest BCUT2D eigenvalue weighted by Crippen LogP contribution is -1.99. The normalized spacial score (nSPS) is 11.2. The van der Waals surface area contributed by atoms with Crippen molar-refractivity contribution in [2.24, 2.45) is 7.05 Å². The summed E-state index contributed by atoms with van der Waals surface area (Å²) < 4.78 is 29.2. The second-order valence-corrected chi connectivity index (χ2v) is 6.99. The minimum Gasteiger partial charge on any atom is -0.332 e. The van der Waals surface area contributed by atoms with E-state index in [4.69, 9.17) is 4.98 Å². The fourth-order valence-corrected chi connectivity index (χ4v) is 3.70. The molecule has 0 radical (unpaired) electrons. The van der Waals surface area contributed by atoms with Crippen LogP contribution < -0.4 is 0 Å². The number of hydrogen-bond donors (Lipinski definition) is 0. The highest BCUT2D eigenvalue weighted by Gasteiger charge is 2.22. The number of rotatable bonds is 3. The lowest BCUT2D eigenvalue weighted by Gasteiger charge is -2.17. The summed E-state index contributed by atoms with van der Waals surface area (Å²) in [6, 6.07) is 16.4. The fourth-order valence-electron chi connectivity index (χ4n) is 3.70. The Morgan fingerprint density at radius 3 is 1.90 bits per heavy atom. The molecular weight excluding hydrogens is 382 g/mol. The molecule has 0 aliphatic heterocycles. The molecule has 0 amide bonds. The van der Waals surface area contributed by atoms with Crippen molar-refractivity contribution in [1.29, 1.82) is 0 Å². The van der Waals surface area contributed by atoms with Crippen LogP contribution >= 0.6 is 0 Å². The third-order valence-electron chi connectivity index (χ3n) is 5.08. The van der Waals surface area contributed by atoms with Crippen LogP contribution in [0.2, 0.25) is 0 Å². The van der Waals surface area contributed by atoms with Crippen LogP contribution in [0.15, 0.2) is 79.4 Å². The van der Waals surface area contributed by atoms with E-state index in [1.807, 2.05) is 23.7 Å². The monoisotopic (exact) mass is 398 g/mol. The molecule has 2 aromatic carbocycles. The summed E-state index contributed by atoms with van der Waals surface area (Å²) in [5.41, 5.74) is 6.30. The van der Waals surface area contributed by atoms with Gasteiger partial charge in [-0.1, -0.05) is 12.1 Å². The zero-order chi connectivity index (χ0) is 20.7. The molecule has 6 heteroatoms. The summed E-state index contributed by atoms with van der Waals surface area (Å²) in [7, 11) is 1.90. The minimum absolute atomic E-state index is 0.307. The second kappa shape index (κ2) is 7.15. The molecule has 0 aliphatic rings. The number of imidazole rings is 1. The third kappa shape index (κ3) is 3.03. The zero-order valence-corrected chi connectivity index (χ0v) is 16.1. The molecule has 146 valence electrons. The van der Waals surface area contributed by atoms with Crippen molar-refractivity contribution >= 4 is 11.2 Å². The lowest BCUT2D eigenvalue weighted by molar-refractivity contribution is 0.627. The molecular formula is C24H16F2N4. The Morgan fingerprint density at radius 2 is 1.27 bits per heavy atom. The Labute approximate surface area is 171 Å². The zero-order valence-electron chi connectivity index (χ0n) is 16.1. The largest absolute Gasteiger partial charge is 0.332 e. The molecule has 0 saturated carbocycles. The molecule has 0 bridgehead atoms. The molecule has 0 unspecified atom stereocenters. The quantitative estimate of drug-likeness (QED) is 0.395. The SMILES string of the molecule is Cn1cnc2nc(-c3ccc(F)cc3)c(-c3ccncc3)c(-c3ccc(F)cc3)c21. The molecule has 3 aromatic heterocycles. The van der Waals surface area contributed by atoms with Crippen molar-refractivity contribution in [3.05, 3.63) is 91.0 Å². The minimum atomic E-state index is -0.318. The van der Waals surface area contributed by atoms with Crippen LogP contribution in [0.3, 0.4) is 0 Å². The molecule has 30 heavy (non-hydrogen) atoms. The Balaban J connectivity index is 1.95. The van der Waals surface area contributed by atoms with Gasteiger partial charge in [-0.05, 0) is 59.7 Å². The highest BCUT2D eigenvalue weighted by atomic mass is 19.1. The van der Waals surface area contributed by atoms with Crippen LogP contribution in [0.4, 0.5) is 8.78 Å². The number of pyridine rings is 2. The van der Waals surface area contributed by atoms with E-state index < -0.39 is 0 Å². The van der Waals surface area contributed by atoms with Crippen molar-refractivity contribution in [2.45, 2.75) is 0 Å². The van der Waals surface area contributed by atoms with Gasteiger partial charge in [0.05, 0.1) is 17.5 Å². The maximum absolute atomic E-state index is 13.7. The van der Waals surface area contributed by atoms with Gasteiger partial charge in [-0.2, -0.15) is 0 Å².